The SMILES string of the molecule is COc1ccccc1C(=O)N1CCCC1c1ccc(Cl)cc1. The molecule has 2 aromatic rings. The highest BCUT2D eigenvalue weighted by Gasteiger charge is 2.31. The molecule has 0 saturated carbocycles. The minimum atomic E-state index is 0.0231. The van der Waals surface area contributed by atoms with Crippen LogP contribution >= 0.6 is 11.6 Å². The zero-order chi connectivity index (χ0) is 15.5. The molecule has 22 heavy (non-hydrogen) atoms. The average molecular weight is 316 g/mol. The van der Waals surface area contributed by atoms with Crippen LogP contribution in [0.2, 0.25) is 5.02 Å². The fourth-order valence-corrected chi connectivity index (χ4v) is 3.14. The molecule has 0 aliphatic carbocycles. The number of rotatable bonds is 3. The van der Waals surface area contributed by atoms with Crippen molar-refractivity contribution in [3.8, 4) is 5.75 Å². The van der Waals surface area contributed by atoms with Crippen LogP contribution in [0.25, 0.3) is 0 Å². The Morgan fingerprint density at radius 3 is 2.64 bits per heavy atom. The highest BCUT2D eigenvalue weighted by molar-refractivity contribution is 6.30. The second kappa shape index (κ2) is 6.41. The predicted molar refractivity (Wildman–Crippen MR) is 87.5 cm³/mol. The van der Waals surface area contributed by atoms with Gasteiger partial charge in [-0.25, -0.2) is 0 Å². The summed E-state index contributed by atoms with van der Waals surface area (Å²) in [7, 11) is 1.59. The van der Waals surface area contributed by atoms with Crippen molar-refractivity contribution < 1.29 is 9.53 Å². The average Bonchev–Trinajstić information content (AvgIpc) is 3.04. The van der Waals surface area contributed by atoms with Crippen molar-refractivity contribution in [1.29, 1.82) is 0 Å². The number of para-hydroxylation sites is 1. The number of carbonyl (C=O) groups excluding carboxylic acids is 1. The minimum absolute atomic E-state index is 0.0231. The van der Waals surface area contributed by atoms with Gasteiger partial charge in [0.15, 0.2) is 0 Å². The van der Waals surface area contributed by atoms with Gasteiger partial charge in [0.1, 0.15) is 5.75 Å². The van der Waals surface area contributed by atoms with Crippen molar-refractivity contribution in [1.82, 2.24) is 4.90 Å². The van der Waals surface area contributed by atoms with Crippen molar-refractivity contribution >= 4 is 17.5 Å². The van der Waals surface area contributed by atoms with E-state index in [0.717, 1.165) is 24.9 Å². The largest absolute Gasteiger partial charge is 0.496 e. The monoisotopic (exact) mass is 315 g/mol. The van der Waals surface area contributed by atoms with Crippen LogP contribution < -0.4 is 4.74 Å². The predicted octanol–water partition coefficient (Wildman–Crippen LogP) is 4.33. The molecular weight excluding hydrogens is 298 g/mol. The Morgan fingerprint density at radius 2 is 1.91 bits per heavy atom. The van der Waals surface area contributed by atoms with Crippen LogP contribution in [0.1, 0.15) is 34.8 Å². The third-order valence-corrected chi connectivity index (χ3v) is 4.36. The van der Waals surface area contributed by atoms with Crippen molar-refractivity contribution in [2.75, 3.05) is 13.7 Å². The Bertz CT molecular complexity index is 669. The van der Waals surface area contributed by atoms with E-state index in [9.17, 15) is 4.79 Å². The Morgan fingerprint density at radius 1 is 1.18 bits per heavy atom. The quantitative estimate of drug-likeness (QED) is 0.844. The van der Waals surface area contributed by atoms with Crippen molar-refractivity contribution in [3.05, 3.63) is 64.7 Å². The fourth-order valence-electron chi connectivity index (χ4n) is 3.02. The molecule has 114 valence electrons. The molecule has 1 heterocycles. The molecule has 0 spiro atoms. The van der Waals surface area contributed by atoms with Gasteiger partial charge in [0.2, 0.25) is 0 Å². The Hall–Kier alpha value is -2.00. The molecule has 2 aromatic carbocycles. The molecule has 1 atom stereocenters. The number of hydrogen-bond acceptors (Lipinski definition) is 2. The van der Waals surface area contributed by atoms with Crippen LogP contribution in [-0.2, 0) is 0 Å². The Kier molecular flexibility index (Phi) is 4.34. The van der Waals surface area contributed by atoms with Gasteiger partial charge in [-0.15, -0.1) is 0 Å². The van der Waals surface area contributed by atoms with E-state index in [1.165, 1.54) is 0 Å². The third kappa shape index (κ3) is 2.81. The molecule has 1 amide bonds. The van der Waals surface area contributed by atoms with Gasteiger partial charge >= 0.3 is 0 Å². The lowest BCUT2D eigenvalue weighted by atomic mass is 10.0. The van der Waals surface area contributed by atoms with Gasteiger partial charge in [-0.1, -0.05) is 35.9 Å². The summed E-state index contributed by atoms with van der Waals surface area (Å²) in [6.45, 7) is 0.768. The molecule has 1 unspecified atom stereocenters. The molecule has 3 rings (SSSR count). The molecule has 1 aliphatic heterocycles. The number of methoxy groups -OCH3 is 1. The zero-order valence-electron chi connectivity index (χ0n) is 12.5. The van der Waals surface area contributed by atoms with Crippen molar-refractivity contribution in [3.63, 3.8) is 0 Å². The van der Waals surface area contributed by atoms with Crippen LogP contribution in [-0.4, -0.2) is 24.5 Å². The minimum Gasteiger partial charge on any atom is -0.496 e. The van der Waals surface area contributed by atoms with Gasteiger partial charge in [0.05, 0.1) is 18.7 Å². The van der Waals surface area contributed by atoms with Gasteiger partial charge < -0.3 is 9.64 Å². The van der Waals surface area contributed by atoms with Gasteiger partial charge in [-0.3, -0.25) is 4.79 Å². The molecular formula is C18H18ClNO2. The van der Waals surface area contributed by atoms with E-state index in [4.69, 9.17) is 16.3 Å². The van der Waals surface area contributed by atoms with E-state index >= 15 is 0 Å². The molecule has 0 bridgehead atoms. The summed E-state index contributed by atoms with van der Waals surface area (Å²) < 4.78 is 5.32. The van der Waals surface area contributed by atoms with Gasteiger partial charge in [0.25, 0.3) is 5.91 Å². The number of ether oxygens (including phenoxy) is 1. The summed E-state index contributed by atoms with van der Waals surface area (Å²) in [6.07, 6.45) is 1.98. The maximum absolute atomic E-state index is 12.9. The van der Waals surface area contributed by atoms with Crippen LogP contribution in [0, 0.1) is 0 Å². The fraction of sp³-hybridized carbons (Fsp3) is 0.278. The van der Waals surface area contributed by atoms with Crippen LogP contribution in [0.4, 0.5) is 0 Å². The van der Waals surface area contributed by atoms with Crippen LogP contribution in [0.15, 0.2) is 48.5 Å². The van der Waals surface area contributed by atoms with E-state index in [-0.39, 0.29) is 11.9 Å². The highest BCUT2D eigenvalue weighted by Crippen LogP contribution is 2.34. The maximum atomic E-state index is 12.9. The summed E-state index contributed by atoms with van der Waals surface area (Å²) in [5.41, 5.74) is 1.75. The van der Waals surface area contributed by atoms with E-state index in [1.54, 1.807) is 7.11 Å². The van der Waals surface area contributed by atoms with Gasteiger partial charge in [-0.05, 0) is 42.7 Å². The van der Waals surface area contributed by atoms with Gasteiger partial charge in [0, 0.05) is 11.6 Å². The maximum Gasteiger partial charge on any atom is 0.258 e. The number of benzene rings is 2. The number of halogens is 1. The molecule has 0 aromatic heterocycles. The molecule has 1 fully saturated rings. The molecule has 3 nitrogen and oxygen atoms in total. The standard InChI is InChI=1S/C18H18ClNO2/c1-22-17-7-3-2-5-15(17)18(21)20-12-4-6-16(20)13-8-10-14(19)11-9-13/h2-3,5,7-11,16H,4,6,12H2,1H3. The first-order chi connectivity index (χ1) is 10.7. The van der Waals surface area contributed by atoms with Crippen LogP contribution in [0.5, 0.6) is 5.75 Å². The molecule has 4 heteroatoms. The molecule has 0 N–H and O–H groups in total. The first kappa shape index (κ1) is 14.9. The smallest absolute Gasteiger partial charge is 0.258 e. The van der Waals surface area contributed by atoms with E-state index in [1.807, 2.05) is 53.4 Å². The number of carbonyl (C=O) groups is 1. The Balaban J connectivity index is 1.89. The summed E-state index contributed by atoms with van der Waals surface area (Å²) in [6, 6.07) is 15.2. The summed E-state index contributed by atoms with van der Waals surface area (Å²) >= 11 is 5.96. The van der Waals surface area contributed by atoms with E-state index < -0.39 is 0 Å². The topological polar surface area (TPSA) is 29.5 Å². The van der Waals surface area contributed by atoms with Crippen LogP contribution in [0.3, 0.4) is 0 Å². The number of likely N-dealkylation sites (tertiary alicyclic amines) is 1. The first-order valence-electron chi connectivity index (χ1n) is 7.40. The summed E-state index contributed by atoms with van der Waals surface area (Å²) in [4.78, 5) is 14.8. The third-order valence-electron chi connectivity index (χ3n) is 4.11. The lowest BCUT2D eigenvalue weighted by molar-refractivity contribution is 0.0732. The molecule has 1 aliphatic rings. The summed E-state index contributed by atoms with van der Waals surface area (Å²) in [5, 5.41) is 0.712. The van der Waals surface area contributed by atoms with Gasteiger partial charge in [-0.2, -0.15) is 0 Å². The number of amides is 1. The van der Waals surface area contributed by atoms with Crippen molar-refractivity contribution in [2.24, 2.45) is 0 Å². The second-order valence-corrected chi connectivity index (χ2v) is 5.84. The first-order valence-corrected chi connectivity index (χ1v) is 7.78. The summed E-state index contributed by atoms with van der Waals surface area (Å²) in [5.74, 6) is 0.643. The lowest BCUT2D eigenvalue weighted by Gasteiger charge is -2.26. The second-order valence-electron chi connectivity index (χ2n) is 5.41. The van der Waals surface area contributed by atoms with E-state index in [2.05, 4.69) is 0 Å². The lowest BCUT2D eigenvalue weighted by Crippen LogP contribution is -2.30. The normalized spacial score (nSPS) is 17.5. The molecule has 0 radical (unpaired) electrons. The van der Waals surface area contributed by atoms with E-state index in [0.29, 0.717) is 16.3 Å². The highest BCUT2D eigenvalue weighted by atomic mass is 35.5. The zero-order valence-corrected chi connectivity index (χ0v) is 13.2. The number of hydrogen-bond donors (Lipinski definition) is 0. The Labute approximate surface area is 135 Å². The number of nitrogens with zero attached hydrogens (tertiary/aromatic N) is 1. The van der Waals surface area contributed by atoms with Crippen molar-refractivity contribution in [2.45, 2.75) is 18.9 Å². The molecule has 1 saturated heterocycles.